The lowest BCUT2D eigenvalue weighted by Gasteiger charge is -2.15. The van der Waals surface area contributed by atoms with Gasteiger partial charge in [-0.3, -0.25) is 4.79 Å². The first-order chi connectivity index (χ1) is 9.65. The molecule has 0 saturated carbocycles. The molecule has 1 heterocycles. The smallest absolute Gasteiger partial charge is 0.241 e. The van der Waals surface area contributed by atoms with Gasteiger partial charge in [0.15, 0.2) is 0 Å². The molecule has 0 aromatic heterocycles. The Kier molecular flexibility index (Phi) is 5.54. The van der Waals surface area contributed by atoms with Gasteiger partial charge < -0.3 is 20.1 Å². The predicted octanol–water partition coefficient (Wildman–Crippen LogP) is 1.91. The molecular weight excluding hydrogens is 324 g/mol. The van der Waals surface area contributed by atoms with E-state index in [9.17, 15) is 4.79 Å². The topological polar surface area (TPSA) is 59.6 Å². The van der Waals surface area contributed by atoms with Crippen LogP contribution in [0.3, 0.4) is 0 Å². The second-order valence-electron chi connectivity index (χ2n) is 4.74. The maximum atomic E-state index is 12.3. The molecule has 110 valence electrons. The van der Waals surface area contributed by atoms with E-state index in [1.165, 1.54) is 0 Å². The third kappa shape index (κ3) is 3.58. The molecule has 1 fully saturated rings. The Labute approximate surface area is 127 Å². The number of carbonyl (C=O) groups is 1. The van der Waals surface area contributed by atoms with Crippen molar-refractivity contribution < 1.29 is 14.3 Å². The summed E-state index contributed by atoms with van der Waals surface area (Å²) in [6, 6.07) is 5.48. The van der Waals surface area contributed by atoms with Crippen molar-refractivity contribution in [3.63, 3.8) is 0 Å². The maximum Gasteiger partial charge on any atom is 0.241 e. The van der Waals surface area contributed by atoms with Crippen molar-refractivity contribution in [1.29, 1.82) is 0 Å². The van der Waals surface area contributed by atoms with Crippen molar-refractivity contribution in [3.8, 4) is 0 Å². The minimum Gasteiger partial charge on any atom is -0.380 e. The molecular formula is C14H19BrN2O3. The van der Waals surface area contributed by atoms with E-state index < -0.39 is 0 Å². The number of amides is 1. The van der Waals surface area contributed by atoms with Gasteiger partial charge >= 0.3 is 0 Å². The molecule has 0 spiro atoms. The fourth-order valence-corrected chi connectivity index (χ4v) is 2.75. The van der Waals surface area contributed by atoms with Crippen LogP contribution in [0.15, 0.2) is 22.7 Å². The Morgan fingerprint density at radius 3 is 2.95 bits per heavy atom. The first-order valence-corrected chi connectivity index (χ1v) is 7.28. The van der Waals surface area contributed by atoms with E-state index in [2.05, 4.69) is 26.6 Å². The summed E-state index contributed by atoms with van der Waals surface area (Å²) >= 11 is 3.48. The van der Waals surface area contributed by atoms with Crippen LogP contribution in [0.5, 0.6) is 0 Å². The molecule has 2 atom stereocenters. The van der Waals surface area contributed by atoms with Crippen LogP contribution in [0.4, 0.5) is 5.69 Å². The molecule has 1 aromatic rings. The SMILES string of the molecule is COCc1c(Br)cccc1NC(=O)C1CC(OC)CN1. The number of methoxy groups -OCH3 is 2. The third-order valence-electron chi connectivity index (χ3n) is 3.41. The van der Waals surface area contributed by atoms with Crippen LogP contribution in [0.1, 0.15) is 12.0 Å². The lowest BCUT2D eigenvalue weighted by Crippen LogP contribution is -2.35. The summed E-state index contributed by atoms with van der Waals surface area (Å²) in [5.41, 5.74) is 1.71. The van der Waals surface area contributed by atoms with Crippen LogP contribution >= 0.6 is 15.9 Å². The van der Waals surface area contributed by atoms with Gasteiger partial charge in [0.2, 0.25) is 5.91 Å². The van der Waals surface area contributed by atoms with Gasteiger partial charge in [0.1, 0.15) is 0 Å². The van der Waals surface area contributed by atoms with Crippen molar-refractivity contribution in [3.05, 3.63) is 28.2 Å². The highest BCUT2D eigenvalue weighted by atomic mass is 79.9. The van der Waals surface area contributed by atoms with Gasteiger partial charge in [0.25, 0.3) is 0 Å². The van der Waals surface area contributed by atoms with E-state index >= 15 is 0 Å². The predicted molar refractivity (Wildman–Crippen MR) is 80.7 cm³/mol. The average molecular weight is 343 g/mol. The largest absolute Gasteiger partial charge is 0.380 e. The summed E-state index contributed by atoms with van der Waals surface area (Å²) in [7, 11) is 3.30. The van der Waals surface area contributed by atoms with Crippen molar-refractivity contribution in [2.75, 3.05) is 26.1 Å². The fraction of sp³-hybridized carbons (Fsp3) is 0.500. The number of hydrogen-bond donors (Lipinski definition) is 2. The lowest BCUT2D eigenvalue weighted by atomic mass is 10.1. The molecule has 2 rings (SSSR count). The number of nitrogens with one attached hydrogen (secondary N) is 2. The number of rotatable bonds is 5. The Hall–Kier alpha value is -0.950. The fourth-order valence-electron chi connectivity index (χ4n) is 2.27. The Bertz CT molecular complexity index is 481. The number of ether oxygens (including phenoxy) is 2. The summed E-state index contributed by atoms with van der Waals surface area (Å²) in [6.07, 6.45) is 0.794. The molecule has 1 aromatic carbocycles. The molecule has 0 bridgehead atoms. The minimum absolute atomic E-state index is 0.0417. The summed E-state index contributed by atoms with van der Waals surface area (Å²) < 4.78 is 11.3. The van der Waals surface area contributed by atoms with Gasteiger partial charge in [0.05, 0.1) is 18.8 Å². The van der Waals surface area contributed by atoms with Gasteiger partial charge in [-0.2, -0.15) is 0 Å². The molecule has 1 aliphatic rings. The molecule has 1 amide bonds. The van der Waals surface area contributed by atoms with E-state index in [-0.39, 0.29) is 18.1 Å². The van der Waals surface area contributed by atoms with Gasteiger partial charge in [-0.1, -0.05) is 22.0 Å². The standard InChI is InChI=1S/C14H19BrN2O3/c1-19-8-10-11(15)4-3-5-12(10)17-14(18)13-6-9(20-2)7-16-13/h3-5,9,13,16H,6-8H2,1-2H3,(H,17,18). The second-order valence-corrected chi connectivity index (χ2v) is 5.60. The van der Waals surface area contributed by atoms with Gasteiger partial charge in [-0.25, -0.2) is 0 Å². The first kappa shape index (κ1) is 15.4. The van der Waals surface area contributed by atoms with Gasteiger partial charge in [-0.05, 0) is 18.6 Å². The number of hydrogen-bond acceptors (Lipinski definition) is 4. The van der Waals surface area contributed by atoms with E-state index in [1.807, 2.05) is 18.2 Å². The maximum absolute atomic E-state index is 12.3. The molecule has 0 radical (unpaired) electrons. The van der Waals surface area contributed by atoms with Crippen molar-refractivity contribution in [2.45, 2.75) is 25.2 Å². The summed E-state index contributed by atoms with van der Waals surface area (Å²) in [5, 5.41) is 6.12. The molecule has 2 N–H and O–H groups in total. The zero-order chi connectivity index (χ0) is 14.5. The van der Waals surface area contributed by atoms with Crippen LogP contribution in [-0.2, 0) is 20.9 Å². The molecule has 5 nitrogen and oxygen atoms in total. The highest BCUT2D eigenvalue weighted by molar-refractivity contribution is 9.10. The highest BCUT2D eigenvalue weighted by Gasteiger charge is 2.29. The van der Waals surface area contributed by atoms with Gasteiger partial charge in [-0.15, -0.1) is 0 Å². The number of anilines is 1. The van der Waals surface area contributed by atoms with Crippen LogP contribution in [0.25, 0.3) is 0 Å². The quantitative estimate of drug-likeness (QED) is 0.858. The van der Waals surface area contributed by atoms with Crippen LogP contribution < -0.4 is 10.6 Å². The van der Waals surface area contributed by atoms with Crippen molar-refractivity contribution >= 4 is 27.5 Å². The van der Waals surface area contributed by atoms with E-state index in [0.717, 1.165) is 15.7 Å². The Balaban J connectivity index is 2.06. The molecule has 1 aliphatic heterocycles. The molecule has 2 unspecified atom stereocenters. The average Bonchev–Trinajstić information content (AvgIpc) is 2.91. The normalized spacial score (nSPS) is 21.9. The minimum atomic E-state index is -0.214. The summed E-state index contributed by atoms with van der Waals surface area (Å²) in [5.74, 6) is -0.0417. The Morgan fingerprint density at radius 2 is 2.30 bits per heavy atom. The van der Waals surface area contributed by atoms with E-state index in [1.54, 1.807) is 14.2 Å². The Morgan fingerprint density at radius 1 is 1.50 bits per heavy atom. The highest BCUT2D eigenvalue weighted by Crippen LogP contribution is 2.26. The zero-order valence-corrected chi connectivity index (χ0v) is 13.2. The number of carbonyl (C=O) groups excluding carboxylic acids is 1. The summed E-state index contributed by atoms with van der Waals surface area (Å²) in [6.45, 7) is 1.15. The lowest BCUT2D eigenvalue weighted by molar-refractivity contribution is -0.118. The third-order valence-corrected chi connectivity index (χ3v) is 4.15. The molecule has 20 heavy (non-hydrogen) atoms. The molecule has 0 aliphatic carbocycles. The molecule has 1 saturated heterocycles. The van der Waals surface area contributed by atoms with E-state index in [4.69, 9.17) is 9.47 Å². The van der Waals surface area contributed by atoms with Crippen LogP contribution in [-0.4, -0.2) is 38.8 Å². The van der Waals surface area contributed by atoms with Crippen LogP contribution in [0.2, 0.25) is 0 Å². The van der Waals surface area contributed by atoms with Gasteiger partial charge in [0, 0.05) is 36.5 Å². The second kappa shape index (κ2) is 7.17. The number of halogens is 1. The van der Waals surface area contributed by atoms with Crippen molar-refractivity contribution in [2.24, 2.45) is 0 Å². The molecule has 6 heteroatoms. The van der Waals surface area contributed by atoms with Crippen LogP contribution in [0, 0.1) is 0 Å². The summed E-state index contributed by atoms with van der Waals surface area (Å²) in [4.78, 5) is 12.3. The number of benzene rings is 1. The van der Waals surface area contributed by atoms with E-state index in [0.29, 0.717) is 19.6 Å². The monoisotopic (exact) mass is 342 g/mol. The zero-order valence-electron chi connectivity index (χ0n) is 11.6. The first-order valence-electron chi connectivity index (χ1n) is 6.49. The van der Waals surface area contributed by atoms with Crippen molar-refractivity contribution in [1.82, 2.24) is 5.32 Å².